The van der Waals surface area contributed by atoms with Crippen LogP contribution in [0.3, 0.4) is 0 Å². The minimum absolute atomic E-state index is 0.129. The van der Waals surface area contributed by atoms with Crippen LogP contribution in [0.15, 0.2) is 16.8 Å². The minimum Gasteiger partial charge on any atom is -0.477 e. The monoisotopic (exact) mass is 305 g/mol. The van der Waals surface area contributed by atoms with Crippen LogP contribution >= 0.6 is 0 Å². The Morgan fingerprint density at radius 1 is 1.27 bits per heavy atom. The van der Waals surface area contributed by atoms with E-state index in [2.05, 4.69) is 25.1 Å². The van der Waals surface area contributed by atoms with Crippen molar-refractivity contribution in [3.63, 3.8) is 0 Å². The Morgan fingerprint density at radius 3 is 2.82 bits per heavy atom. The lowest BCUT2D eigenvalue weighted by Gasteiger charge is -2.32. The molecule has 1 aliphatic heterocycles. The molecule has 0 aliphatic carbocycles. The van der Waals surface area contributed by atoms with Gasteiger partial charge in [-0.1, -0.05) is 0 Å². The summed E-state index contributed by atoms with van der Waals surface area (Å²) in [7, 11) is 2.04. The fourth-order valence-electron chi connectivity index (χ4n) is 2.42. The van der Waals surface area contributed by atoms with Crippen molar-refractivity contribution < 1.29 is 13.9 Å². The first-order valence-corrected chi connectivity index (χ1v) is 7.28. The van der Waals surface area contributed by atoms with E-state index in [1.807, 2.05) is 20.9 Å². The molecule has 8 nitrogen and oxygen atoms in total. The molecule has 1 aliphatic rings. The fourth-order valence-corrected chi connectivity index (χ4v) is 2.42. The normalized spacial score (nSPS) is 22.7. The van der Waals surface area contributed by atoms with E-state index in [1.165, 1.54) is 6.20 Å². The Bertz CT molecular complexity index is 605. The first-order valence-electron chi connectivity index (χ1n) is 7.28. The second kappa shape index (κ2) is 6.37. The summed E-state index contributed by atoms with van der Waals surface area (Å²) in [6, 6.07) is 0. The Labute approximate surface area is 128 Å². The van der Waals surface area contributed by atoms with Crippen molar-refractivity contribution in [2.24, 2.45) is 0 Å². The molecule has 3 rings (SSSR count). The van der Waals surface area contributed by atoms with Gasteiger partial charge in [0.15, 0.2) is 0 Å². The Balaban J connectivity index is 1.75. The second-order valence-corrected chi connectivity index (χ2v) is 5.27. The van der Waals surface area contributed by atoms with Gasteiger partial charge in [-0.3, -0.25) is 0 Å². The lowest BCUT2D eigenvalue weighted by atomic mass is 10.2. The molecule has 0 bridgehead atoms. The van der Waals surface area contributed by atoms with Crippen molar-refractivity contribution in [2.45, 2.75) is 26.1 Å². The fraction of sp³-hybridized carbons (Fsp3) is 0.571. The number of aromatic nitrogens is 4. The zero-order valence-electron chi connectivity index (χ0n) is 12.9. The molecule has 0 aromatic carbocycles. The molecule has 22 heavy (non-hydrogen) atoms. The summed E-state index contributed by atoms with van der Waals surface area (Å²) in [4.78, 5) is 10.5. The van der Waals surface area contributed by atoms with Crippen LogP contribution < -0.4 is 4.74 Å². The molecule has 0 spiro atoms. The number of hydrogen-bond donors (Lipinski definition) is 0. The van der Waals surface area contributed by atoms with Crippen LogP contribution in [0, 0.1) is 0 Å². The maximum Gasteiger partial charge on any atom is 0.267 e. The number of nitrogens with zero attached hydrogens (tertiary/aromatic N) is 5. The van der Waals surface area contributed by atoms with Crippen LogP contribution in [-0.4, -0.2) is 57.9 Å². The van der Waals surface area contributed by atoms with Gasteiger partial charge in [0.25, 0.3) is 5.89 Å². The van der Waals surface area contributed by atoms with Crippen LogP contribution in [0.2, 0.25) is 0 Å². The Morgan fingerprint density at radius 2 is 2.14 bits per heavy atom. The molecule has 0 N–H and O–H groups in total. The molecule has 0 radical (unpaired) electrons. The summed E-state index contributed by atoms with van der Waals surface area (Å²) in [6.45, 7) is 6.08. The lowest BCUT2D eigenvalue weighted by Crippen LogP contribution is -2.40. The number of rotatable bonds is 4. The topological polar surface area (TPSA) is 86.4 Å². The van der Waals surface area contributed by atoms with Gasteiger partial charge >= 0.3 is 0 Å². The molecule has 2 aromatic heterocycles. The van der Waals surface area contributed by atoms with E-state index >= 15 is 0 Å². The van der Waals surface area contributed by atoms with E-state index in [0.29, 0.717) is 30.0 Å². The largest absolute Gasteiger partial charge is 0.477 e. The van der Waals surface area contributed by atoms with Crippen LogP contribution in [0.4, 0.5) is 0 Å². The van der Waals surface area contributed by atoms with Gasteiger partial charge in [0.05, 0.1) is 25.1 Å². The summed E-state index contributed by atoms with van der Waals surface area (Å²) >= 11 is 0. The van der Waals surface area contributed by atoms with Crippen LogP contribution in [-0.2, 0) is 4.74 Å². The number of ether oxygens (including phenoxy) is 2. The van der Waals surface area contributed by atoms with Crippen molar-refractivity contribution in [3.05, 3.63) is 18.3 Å². The second-order valence-electron chi connectivity index (χ2n) is 5.27. The van der Waals surface area contributed by atoms with Gasteiger partial charge in [0.2, 0.25) is 11.8 Å². The zero-order valence-corrected chi connectivity index (χ0v) is 12.9. The molecule has 8 heteroatoms. The van der Waals surface area contributed by atoms with Gasteiger partial charge < -0.3 is 18.8 Å². The zero-order chi connectivity index (χ0) is 15.5. The average molecular weight is 305 g/mol. The molecule has 2 atom stereocenters. The third kappa shape index (κ3) is 3.23. The molecule has 1 fully saturated rings. The third-order valence-electron chi connectivity index (χ3n) is 3.30. The molecule has 0 amide bonds. The molecular weight excluding hydrogens is 286 g/mol. The first-order chi connectivity index (χ1) is 10.7. The summed E-state index contributed by atoms with van der Waals surface area (Å²) in [5.41, 5.74) is 0.513. The van der Waals surface area contributed by atoms with E-state index in [0.717, 1.165) is 13.1 Å². The van der Waals surface area contributed by atoms with Gasteiger partial charge in [-0.15, -0.1) is 10.2 Å². The summed E-state index contributed by atoms with van der Waals surface area (Å²) < 4.78 is 16.8. The number of hydrogen-bond acceptors (Lipinski definition) is 8. The minimum atomic E-state index is -0.217. The molecule has 2 aromatic rings. The molecule has 1 saturated heterocycles. The Hall–Kier alpha value is -2.06. The van der Waals surface area contributed by atoms with Gasteiger partial charge in [0, 0.05) is 13.1 Å². The number of morpholine rings is 1. The Kier molecular flexibility index (Phi) is 4.30. The highest BCUT2D eigenvalue weighted by molar-refractivity contribution is 5.44. The van der Waals surface area contributed by atoms with Gasteiger partial charge in [-0.2, -0.15) is 0 Å². The molecule has 0 unspecified atom stereocenters. The van der Waals surface area contributed by atoms with Crippen LogP contribution in [0.25, 0.3) is 11.6 Å². The molecule has 0 saturated carbocycles. The van der Waals surface area contributed by atoms with Crippen molar-refractivity contribution in [2.75, 3.05) is 26.7 Å². The van der Waals surface area contributed by atoms with Crippen molar-refractivity contribution in [1.82, 2.24) is 25.1 Å². The predicted octanol–water partition coefficient (Wildman–Crippen LogP) is 1.32. The summed E-state index contributed by atoms with van der Waals surface area (Å²) in [5, 5.41) is 8.11. The highest BCUT2D eigenvalue weighted by Crippen LogP contribution is 2.25. The standard InChI is InChI=1S/C14H19N5O3/c1-4-20-12-6-15-10(5-16-12)13-17-18-14(22-13)11-8-19(3)7-9(2)21-11/h5-6,9,11H,4,7-8H2,1-3H3/t9-,11-/m1/s1. The van der Waals surface area contributed by atoms with Gasteiger partial charge in [-0.25, -0.2) is 9.97 Å². The van der Waals surface area contributed by atoms with Crippen molar-refractivity contribution in [3.8, 4) is 17.5 Å². The lowest BCUT2D eigenvalue weighted by molar-refractivity contribution is -0.0821. The van der Waals surface area contributed by atoms with E-state index in [1.54, 1.807) is 6.20 Å². The quantitative estimate of drug-likeness (QED) is 0.836. The summed E-state index contributed by atoms with van der Waals surface area (Å²) in [5.74, 6) is 1.26. The van der Waals surface area contributed by atoms with Crippen LogP contribution in [0.5, 0.6) is 5.88 Å². The van der Waals surface area contributed by atoms with Crippen molar-refractivity contribution >= 4 is 0 Å². The average Bonchev–Trinajstić information content (AvgIpc) is 2.97. The third-order valence-corrected chi connectivity index (χ3v) is 3.30. The van der Waals surface area contributed by atoms with Gasteiger partial charge in [0.1, 0.15) is 11.8 Å². The molecule has 118 valence electrons. The van der Waals surface area contributed by atoms with E-state index in [-0.39, 0.29) is 12.2 Å². The highest BCUT2D eigenvalue weighted by Gasteiger charge is 2.28. The van der Waals surface area contributed by atoms with E-state index in [4.69, 9.17) is 13.9 Å². The van der Waals surface area contributed by atoms with E-state index < -0.39 is 0 Å². The van der Waals surface area contributed by atoms with Crippen LogP contribution in [0.1, 0.15) is 25.8 Å². The maximum atomic E-state index is 5.85. The maximum absolute atomic E-state index is 5.85. The number of likely N-dealkylation sites (N-methyl/N-ethyl adjacent to an activating group) is 1. The first kappa shape index (κ1) is 14.9. The van der Waals surface area contributed by atoms with Crippen molar-refractivity contribution in [1.29, 1.82) is 0 Å². The smallest absolute Gasteiger partial charge is 0.267 e. The molecule has 3 heterocycles. The van der Waals surface area contributed by atoms with Gasteiger partial charge in [-0.05, 0) is 20.9 Å². The summed E-state index contributed by atoms with van der Waals surface area (Å²) in [6.07, 6.45) is 3.00. The van der Waals surface area contributed by atoms with E-state index in [9.17, 15) is 0 Å². The molecular formula is C14H19N5O3. The SMILES string of the molecule is CCOc1cnc(-c2nnc([C@H]3CN(C)C[C@@H](C)O3)o2)cn1. The predicted molar refractivity (Wildman–Crippen MR) is 77.3 cm³/mol. The highest BCUT2D eigenvalue weighted by atomic mass is 16.5.